The smallest absolute Gasteiger partial charge is 0.277 e. The first-order valence-corrected chi connectivity index (χ1v) is 7.92. The number of benzene rings is 1. The van der Waals surface area contributed by atoms with Crippen molar-refractivity contribution < 1.29 is 14.7 Å². The summed E-state index contributed by atoms with van der Waals surface area (Å²) >= 11 is 0. The Hall–Kier alpha value is -2.14. The van der Waals surface area contributed by atoms with Gasteiger partial charge in [0.2, 0.25) is 0 Å². The number of hydrogen-bond donors (Lipinski definition) is 1. The van der Waals surface area contributed by atoms with Crippen LogP contribution in [0.4, 0.5) is 0 Å². The van der Waals surface area contributed by atoms with Crippen LogP contribution in [0.5, 0.6) is 0 Å². The molecule has 1 aliphatic rings. The van der Waals surface area contributed by atoms with E-state index >= 15 is 0 Å². The second kappa shape index (κ2) is 6.96. The molecule has 0 saturated carbocycles. The summed E-state index contributed by atoms with van der Waals surface area (Å²) in [5.74, 6) is -0.522. The second-order valence-corrected chi connectivity index (χ2v) is 5.95. The summed E-state index contributed by atoms with van der Waals surface area (Å²) in [6.07, 6.45) is 0.717. The Bertz CT molecular complexity index is 664. The molecule has 1 N–H and O–H groups in total. The van der Waals surface area contributed by atoms with Crippen LogP contribution in [0.3, 0.4) is 0 Å². The van der Waals surface area contributed by atoms with E-state index in [1.807, 2.05) is 39.0 Å². The van der Waals surface area contributed by atoms with Crippen LogP contribution in [0.15, 0.2) is 23.9 Å². The van der Waals surface area contributed by atoms with Crippen LogP contribution in [0, 0.1) is 13.8 Å². The van der Waals surface area contributed by atoms with Gasteiger partial charge in [0.15, 0.2) is 0 Å². The van der Waals surface area contributed by atoms with Crippen molar-refractivity contribution in [2.75, 3.05) is 26.7 Å². The molecule has 0 aliphatic carbocycles. The van der Waals surface area contributed by atoms with Gasteiger partial charge in [-0.25, -0.2) is 0 Å². The molecular weight excluding hydrogens is 292 g/mol. The van der Waals surface area contributed by atoms with Gasteiger partial charge in [0, 0.05) is 20.1 Å². The third-order valence-corrected chi connectivity index (χ3v) is 4.06. The van der Waals surface area contributed by atoms with Gasteiger partial charge in [-0.3, -0.25) is 14.5 Å². The molecule has 0 unspecified atom stereocenters. The van der Waals surface area contributed by atoms with Crippen molar-refractivity contribution in [3.05, 3.63) is 40.6 Å². The zero-order chi connectivity index (χ0) is 17.1. The normalized spacial score (nSPS) is 14.9. The van der Waals surface area contributed by atoms with Gasteiger partial charge in [-0.2, -0.15) is 0 Å². The molecule has 2 rings (SSSR count). The predicted octanol–water partition coefficient (Wildman–Crippen LogP) is 1.72. The molecule has 0 saturated heterocycles. The highest BCUT2D eigenvalue weighted by atomic mass is 16.3. The van der Waals surface area contributed by atoms with Gasteiger partial charge < -0.3 is 10.0 Å². The summed E-state index contributed by atoms with van der Waals surface area (Å²) in [5.41, 5.74) is 3.68. The Labute approximate surface area is 137 Å². The minimum atomic E-state index is -0.275. The fraction of sp³-hybridized carbons (Fsp3) is 0.444. The Kier molecular flexibility index (Phi) is 5.21. The fourth-order valence-corrected chi connectivity index (χ4v) is 2.94. The lowest BCUT2D eigenvalue weighted by atomic mass is 9.97. The maximum absolute atomic E-state index is 12.8. The summed E-state index contributed by atoms with van der Waals surface area (Å²) in [7, 11) is 1.73. The minimum Gasteiger partial charge on any atom is -0.395 e. The molecule has 5 heteroatoms. The highest BCUT2D eigenvalue weighted by Gasteiger charge is 2.40. The Balaban J connectivity index is 2.60. The predicted molar refractivity (Wildman–Crippen MR) is 89.6 cm³/mol. The number of carbonyl (C=O) groups excluding carboxylic acids is 2. The van der Waals surface area contributed by atoms with Crippen LogP contribution in [-0.2, 0) is 9.59 Å². The van der Waals surface area contributed by atoms with Crippen LogP contribution in [0.1, 0.15) is 30.0 Å². The molecule has 1 aromatic carbocycles. The number of imide groups is 1. The number of likely N-dealkylation sites (N-methyl/N-ethyl adjacent to an activating group) is 1. The lowest BCUT2D eigenvalue weighted by Gasteiger charge is -2.20. The zero-order valence-corrected chi connectivity index (χ0v) is 14.2. The number of aliphatic hydroxyl groups excluding tert-OH is 1. The first-order chi connectivity index (χ1) is 10.9. The Morgan fingerprint density at radius 2 is 1.87 bits per heavy atom. The van der Waals surface area contributed by atoms with E-state index in [2.05, 4.69) is 0 Å². The summed E-state index contributed by atoms with van der Waals surface area (Å²) < 4.78 is 0. The number of amides is 2. The maximum atomic E-state index is 12.8. The van der Waals surface area contributed by atoms with Gasteiger partial charge in [-0.05, 0) is 31.4 Å². The van der Waals surface area contributed by atoms with E-state index in [0.717, 1.165) is 16.7 Å². The van der Waals surface area contributed by atoms with Crippen LogP contribution in [-0.4, -0.2) is 53.5 Å². The van der Waals surface area contributed by atoms with Crippen LogP contribution in [0.25, 0.3) is 5.57 Å². The molecule has 0 aromatic heterocycles. The molecule has 1 aromatic rings. The molecule has 2 amide bonds. The highest BCUT2D eigenvalue weighted by molar-refractivity contribution is 6.35. The van der Waals surface area contributed by atoms with E-state index in [9.17, 15) is 14.7 Å². The Morgan fingerprint density at radius 1 is 1.17 bits per heavy atom. The highest BCUT2D eigenvalue weighted by Crippen LogP contribution is 2.33. The van der Waals surface area contributed by atoms with Crippen LogP contribution >= 0.6 is 0 Å². The van der Waals surface area contributed by atoms with Gasteiger partial charge in [0.25, 0.3) is 11.8 Å². The van der Waals surface area contributed by atoms with E-state index in [0.29, 0.717) is 30.8 Å². The third kappa shape index (κ3) is 3.15. The number of aryl methyl sites for hydroxylation is 2. The second-order valence-electron chi connectivity index (χ2n) is 5.95. The molecule has 1 heterocycles. The summed E-state index contributed by atoms with van der Waals surface area (Å²) in [6, 6.07) is 5.85. The van der Waals surface area contributed by atoms with Crippen LogP contribution < -0.4 is 0 Å². The molecule has 0 bridgehead atoms. The summed E-state index contributed by atoms with van der Waals surface area (Å²) in [4.78, 5) is 28.5. The van der Waals surface area contributed by atoms with Crippen molar-refractivity contribution in [3.63, 3.8) is 0 Å². The van der Waals surface area contributed by atoms with E-state index in [1.165, 1.54) is 4.90 Å². The van der Waals surface area contributed by atoms with Gasteiger partial charge in [-0.1, -0.05) is 30.7 Å². The Morgan fingerprint density at radius 3 is 2.43 bits per heavy atom. The first-order valence-electron chi connectivity index (χ1n) is 7.92. The molecule has 0 fully saturated rings. The molecular formula is C18H24N2O3. The topological polar surface area (TPSA) is 60.9 Å². The van der Waals surface area contributed by atoms with E-state index in [4.69, 9.17) is 0 Å². The summed E-state index contributed by atoms with van der Waals surface area (Å²) in [6.45, 7) is 6.52. The lowest BCUT2D eigenvalue weighted by Crippen LogP contribution is -2.35. The molecule has 124 valence electrons. The first kappa shape index (κ1) is 17.2. The lowest BCUT2D eigenvalue weighted by molar-refractivity contribution is -0.137. The van der Waals surface area contributed by atoms with Gasteiger partial charge >= 0.3 is 0 Å². The molecule has 0 spiro atoms. The summed E-state index contributed by atoms with van der Waals surface area (Å²) in [5, 5.41) is 9.19. The SMILES string of the molecule is CCCN1C(=O)C(c2ccc(C)cc2C)=C(N(C)CCO)C1=O. The van der Waals surface area contributed by atoms with Gasteiger partial charge in [0.05, 0.1) is 12.2 Å². The van der Waals surface area contributed by atoms with E-state index in [-0.39, 0.29) is 18.4 Å². The van der Waals surface area contributed by atoms with E-state index < -0.39 is 0 Å². The van der Waals surface area contributed by atoms with E-state index in [1.54, 1.807) is 11.9 Å². The molecule has 0 atom stereocenters. The molecule has 0 radical (unpaired) electrons. The zero-order valence-electron chi connectivity index (χ0n) is 14.2. The van der Waals surface area contributed by atoms with Crippen molar-refractivity contribution in [2.24, 2.45) is 0 Å². The van der Waals surface area contributed by atoms with Gasteiger partial charge in [-0.15, -0.1) is 0 Å². The number of aliphatic hydroxyl groups is 1. The quantitative estimate of drug-likeness (QED) is 0.812. The van der Waals surface area contributed by atoms with Crippen molar-refractivity contribution in [2.45, 2.75) is 27.2 Å². The van der Waals surface area contributed by atoms with Crippen molar-refractivity contribution in [1.29, 1.82) is 0 Å². The molecule has 23 heavy (non-hydrogen) atoms. The third-order valence-electron chi connectivity index (χ3n) is 4.06. The average Bonchev–Trinajstić information content (AvgIpc) is 2.73. The minimum absolute atomic E-state index is 0.0740. The standard InChI is InChI=1S/C18H24N2O3/c1-5-8-20-17(22)15(14-7-6-12(2)11-13(14)3)16(18(20)23)19(4)9-10-21/h6-7,11,21H,5,8-10H2,1-4H3. The fourth-order valence-electron chi connectivity index (χ4n) is 2.94. The molecule has 5 nitrogen and oxygen atoms in total. The van der Waals surface area contributed by atoms with Crippen molar-refractivity contribution in [3.8, 4) is 0 Å². The van der Waals surface area contributed by atoms with Crippen molar-refractivity contribution in [1.82, 2.24) is 9.80 Å². The molecule has 1 aliphatic heterocycles. The number of nitrogens with zero attached hydrogens (tertiary/aromatic N) is 2. The number of hydrogen-bond acceptors (Lipinski definition) is 4. The van der Waals surface area contributed by atoms with Gasteiger partial charge in [0.1, 0.15) is 5.70 Å². The number of rotatable bonds is 6. The monoisotopic (exact) mass is 316 g/mol. The largest absolute Gasteiger partial charge is 0.395 e. The van der Waals surface area contributed by atoms with Crippen LogP contribution in [0.2, 0.25) is 0 Å². The van der Waals surface area contributed by atoms with Crippen molar-refractivity contribution >= 4 is 17.4 Å². The number of carbonyl (C=O) groups is 2. The maximum Gasteiger partial charge on any atom is 0.277 e. The average molecular weight is 316 g/mol.